The number of carbonyl (C=O) groups is 1. The number of fused-ring (bicyclic) bond motifs is 1. The average molecular weight is 495 g/mol. The summed E-state index contributed by atoms with van der Waals surface area (Å²) in [5.41, 5.74) is 8.84. The molecule has 0 saturated heterocycles. The van der Waals surface area contributed by atoms with E-state index in [0.29, 0.717) is 18.7 Å². The van der Waals surface area contributed by atoms with Gasteiger partial charge in [0.05, 0.1) is 12.8 Å². The molecule has 1 aliphatic rings. The SMILES string of the molecule is CCOc1cccc(Nc2c(C)c(NC3CCC(N)CC3)nc3ccnn23)c1.O=C(O)C(F)(F)F. The molecule has 1 aliphatic carbocycles. The van der Waals surface area contributed by atoms with Crippen molar-refractivity contribution in [1.82, 2.24) is 14.6 Å². The Hall–Kier alpha value is -3.54. The zero-order valence-corrected chi connectivity index (χ0v) is 19.5. The minimum atomic E-state index is -5.08. The standard InChI is InChI=1S/C21H28N6O.C2HF3O2/c1-3-28-18-6-4-5-17(13-18)25-21-14(2)20(26-19-11-12-23-27(19)21)24-16-9-7-15(22)8-10-16;3-2(4,5)1(6)7/h4-6,11-13,15-16,25H,3,7-10,22H2,1-2H3,(H,24,26);(H,6,7). The molecule has 1 fully saturated rings. The number of aliphatic carboxylic acids is 1. The van der Waals surface area contributed by atoms with Gasteiger partial charge in [0.2, 0.25) is 0 Å². The summed E-state index contributed by atoms with van der Waals surface area (Å²) in [6.07, 6.45) is 0.951. The van der Waals surface area contributed by atoms with Crippen LogP contribution in [0.1, 0.15) is 38.2 Å². The van der Waals surface area contributed by atoms with E-state index in [-0.39, 0.29) is 0 Å². The monoisotopic (exact) mass is 494 g/mol. The van der Waals surface area contributed by atoms with E-state index in [1.165, 1.54) is 0 Å². The fourth-order valence-corrected chi connectivity index (χ4v) is 3.73. The van der Waals surface area contributed by atoms with Crippen molar-refractivity contribution >= 4 is 28.9 Å². The molecule has 9 nitrogen and oxygen atoms in total. The number of ether oxygens (including phenoxy) is 1. The van der Waals surface area contributed by atoms with Gasteiger partial charge in [0.1, 0.15) is 17.4 Å². The first kappa shape index (κ1) is 26.1. The number of anilines is 3. The Kier molecular flexibility index (Phi) is 8.39. The van der Waals surface area contributed by atoms with Gasteiger partial charge in [0, 0.05) is 35.5 Å². The van der Waals surface area contributed by atoms with Crippen molar-refractivity contribution in [3.63, 3.8) is 0 Å². The number of hydrogen-bond donors (Lipinski definition) is 4. The zero-order chi connectivity index (χ0) is 25.6. The van der Waals surface area contributed by atoms with Crippen LogP contribution in [0.4, 0.5) is 30.5 Å². The first-order chi connectivity index (χ1) is 16.6. The molecule has 0 atom stereocenters. The molecule has 35 heavy (non-hydrogen) atoms. The lowest BCUT2D eigenvalue weighted by Crippen LogP contribution is -2.33. The molecule has 0 radical (unpaired) electrons. The molecule has 12 heteroatoms. The Morgan fingerprint density at radius 3 is 2.57 bits per heavy atom. The van der Waals surface area contributed by atoms with Crippen LogP contribution in [-0.4, -0.2) is 50.5 Å². The van der Waals surface area contributed by atoms with Crippen LogP contribution in [0.5, 0.6) is 5.75 Å². The van der Waals surface area contributed by atoms with Crippen LogP contribution in [0, 0.1) is 6.92 Å². The topological polar surface area (TPSA) is 127 Å². The van der Waals surface area contributed by atoms with Gasteiger partial charge >= 0.3 is 12.1 Å². The van der Waals surface area contributed by atoms with Crippen LogP contribution in [0.3, 0.4) is 0 Å². The third kappa shape index (κ3) is 6.98. The van der Waals surface area contributed by atoms with E-state index < -0.39 is 12.1 Å². The number of rotatable bonds is 6. The summed E-state index contributed by atoms with van der Waals surface area (Å²) >= 11 is 0. The second-order valence-corrected chi connectivity index (χ2v) is 8.18. The van der Waals surface area contributed by atoms with Crippen molar-refractivity contribution in [1.29, 1.82) is 0 Å². The zero-order valence-electron chi connectivity index (χ0n) is 19.5. The number of nitrogens with zero attached hydrogens (tertiary/aromatic N) is 3. The highest BCUT2D eigenvalue weighted by Crippen LogP contribution is 2.30. The van der Waals surface area contributed by atoms with Crippen molar-refractivity contribution in [2.75, 3.05) is 17.2 Å². The lowest BCUT2D eigenvalue weighted by atomic mass is 9.92. The highest BCUT2D eigenvalue weighted by molar-refractivity contribution is 5.73. The number of nitrogens with one attached hydrogen (secondary N) is 2. The molecule has 1 aromatic carbocycles. The number of carboxylic acid groups (broad SMARTS) is 1. The van der Waals surface area contributed by atoms with Gasteiger partial charge in [0.25, 0.3) is 0 Å². The largest absolute Gasteiger partial charge is 0.494 e. The first-order valence-electron chi connectivity index (χ1n) is 11.2. The summed E-state index contributed by atoms with van der Waals surface area (Å²) in [6.45, 7) is 4.69. The van der Waals surface area contributed by atoms with Gasteiger partial charge in [-0.25, -0.2) is 9.78 Å². The van der Waals surface area contributed by atoms with Crippen LogP contribution in [0.2, 0.25) is 0 Å². The maximum Gasteiger partial charge on any atom is 0.490 e. The predicted octanol–water partition coefficient (Wildman–Crippen LogP) is 4.50. The maximum absolute atomic E-state index is 10.6. The lowest BCUT2D eigenvalue weighted by Gasteiger charge is -2.28. The predicted molar refractivity (Wildman–Crippen MR) is 126 cm³/mol. The molecule has 0 aliphatic heterocycles. The van der Waals surface area contributed by atoms with E-state index in [1.807, 2.05) is 41.8 Å². The molecule has 1 saturated carbocycles. The number of alkyl halides is 3. The molecule has 190 valence electrons. The molecule has 0 spiro atoms. The lowest BCUT2D eigenvalue weighted by molar-refractivity contribution is -0.192. The van der Waals surface area contributed by atoms with E-state index in [0.717, 1.165) is 60.0 Å². The van der Waals surface area contributed by atoms with Crippen molar-refractivity contribution in [2.45, 2.75) is 57.8 Å². The summed E-state index contributed by atoms with van der Waals surface area (Å²) in [6, 6.07) is 10.6. The Morgan fingerprint density at radius 1 is 1.26 bits per heavy atom. The Balaban J connectivity index is 0.000000429. The maximum atomic E-state index is 10.6. The van der Waals surface area contributed by atoms with E-state index in [1.54, 1.807) is 6.20 Å². The van der Waals surface area contributed by atoms with Gasteiger partial charge < -0.3 is 26.2 Å². The molecule has 0 unspecified atom stereocenters. The van der Waals surface area contributed by atoms with Crippen molar-refractivity contribution in [2.24, 2.45) is 5.73 Å². The third-order valence-electron chi connectivity index (χ3n) is 5.53. The second-order valence-electron chi connectivity index (χ2n) is 8.18. The minimum Gasteiger partial charge on any atom is -0.494 e. The van der Waals surface area contributed by atoms with E-state index in [2.05, 4.69) is 22.7 Å². The number of hydrogen-bond acceptors (Lipinski definition) is 7. The number of halogens is 3. The molecule has 5 N–H and O–H groups in total. The van der Waals surface area contributed by atoms with Crippen molar-refractivity contribution < 1.29 is 27.8 Å². The highest BCUT2D eigenvalue weighted by atomic mass is 19.4. The Bertz CT molecular complexity index is 1140. The summed E-state index contributed by atoms with van der Waals surface area (Å²) in [7, 11) is 0. The smallest absolute Gasteiger partial charge is 0.490 e. The first-order valence-corrected chi connectivity index (χ1v) is 11.2. The number of aromatic nitrogens is 3. The van der Waals surface area contributed by atoms with Crippen molar-refractivity contribution in [3.05, 3.63) is 42.1 Å². The minimum absolute atomic E-state index is 0.333. The van der Waals surface area contributed by atoms with Gasteiger partial charge in [-0.05, 0) is 51.7 Å². The quantitative estimate of drug-likeness (QED) is 0.395. The molecule has 2 heterocycles. The molecule has 0 bridgehead atoms. The molecule has 3 aromatic rings. The third-order valence-corrected chi connectivity index (χ3v) is 5.53. The fraction of sp³-hybridized carbons (Fsp3) is 0.435. The van der Waals surface area contributed by atoms with Gasteiger partial charge in [-0.3, -0.25) is 0 Å². The summed E-state index contributed by atoms with van der Waals surface area (Å²) in [4.78, 5) is 13.7. The fourth-order valence-electron chi connectivity index (χ4n) is 3.73. The number of nitrogens with two attached hydrogens (primary N) is 1. The van der Waals surface area contributed by atoms with Crippen LogP contribution in [0.15, 0.2) is 36.5 Å². The summed E-state index contributed by atoms with van der Waals surface area (Å²) < 4.78 is 39.2. The average Bonchev–Trinajstić information content (AvgIpc) is 3.27. The van der Waals surface area contributed by atoms with E-state index >= 15 is 0 Å². The van der Waals surface area contributed by atoms with Crippen LogP contribution >= 0.6 is 0 Å². The Morgan fingerprint density at radius 2 is 1.94 bits per heavy atom. The Labute approximate surface area is 200 Å². The van der Waals surface area contributed by atoms with E-state index in [4.69, 9.17) is 25.4 Å². The van der Waals surface area contributed by atoms with Crippen molar-refractivity contribution in [3.8, 4) is 5.75 Å². The normalized spacial score (nSPS) is 17.9. The molecular weight excluding hydrogens is 465 g/mol. The van der Waals surface area contributed by atoms with Gasteiger partial charge in [-0.2, -0.15) is 22.8 Å². The number of benzene rings is 1. The number of carboxylic acids is 1. The van der Waals surface area contributed by atoms with Gasteiger partial charge in [-0.1, -0.05) is 6.07 Å². The molecule has 0 amide bonds. The highest BCUT2D eigenvalue weighted by Gasteiger charge is 2.38. The van der Waals surface area contributed by atoms with Gasteiger partial charge in [-0.15, -0.1) is 0 Å². The van der Waals surface area contributed by atoms with Crippen LogP contribution in [-0.2, 0) is 4.79 Å². The molecular formula is C23H29F3N6O3. The van der Waals surface area contributed by atoms with Crippen LogP contribution in [0.25, 0.3) is 5.65 Å². The second kappa shape index (κ2) is 11.3. The van der Waals surface area contributed by atoms with E-state index in [9.17, 15) is 13.2 Å². The summed E-state index contributed by atoms with van der Waals surface area (Å²) in [5.74, 6) is -0.115. The van der Waals surface area contributed by atoms with Gasteiger partial charge in [0.15, 0.2) is 5.65 Å². The molecule has 2 aromatic heterocycles. The summed E-state index contributed by atoms with van der Waals surface area (Å²) in [5, 5.41) is 18.7. The molecule has 4 rings (SSSR count). The van der Waals surface area contributed by atoms with Crippen LogP contribution < -0.4 is 21.1 Å².